The van der Waals surface area contributed by atoms with Crippen molar-refractivity contribution < 1.29 is 5.11 Å². The predicted octanol–water partition coefficient (Wildman–Crippen LogP) is 3.82. The van der Waals surface area contributed by atoms with Crippen LogP contribution in [0.25, 0.3) is 10.9 Å². The lowest BCUT2D eigenvalue weighted by Gasteiger charge is -2.24. The van der Waals surface area contributed by atoms with Crippen LogP contribution in [0.1, 0.15) is 20.3 Å². The van der Waals surface area contributed by atoms with Gasteiger partial charge in [-0.05, 0) is 42.2 Å². The van der Waals surface area contributed by atoms with E-state index in [0.29, 0.717) is 0 Å². The van der Waals surface area contributed by atoms with E-state index in [0.717, 1.165) is 34.2 Å². The molecule has 3 nitrogen and oxygen atoms in total. The highest BCUT2D eigenvalue weighted by Crippen LogP contribution is 2.22. The van der Waals surface area contributed by atoms with Gasteiger partial charge in [0.15, 0.2) is 0 Å². The quantitative estimate of drug-likeness (QED) is 0.879. The molecule has 4 heteroatoms. The molecule has 0 fully saturated rings. The minimum atomic E-state index is 0.0606. The van der Waals surface area contributed by atoms with Crippen molar-refractivity contribution in [3.63, 3.8) is 0 Å². The lowest BCUT2D eigenvalue weighted by atomic mass is 9.90. The Labute approximate surface area is 122 Å². The highest BCUT2D eigenvalue weighted by Gasteiger charge is 2.16. The van der Waals surface area contributed by atoms with Gasteiger partial charge in [-0.1, -0.05) is 29.8 Å². The molecule has 2 aromatic rings. The number of aliphatic hydroxyl groups excluding tert-OH is 1. The maximum Gasteiger partial charge on any atom is 0.126 e. The number of halogens is 1. The van der Waals surface area contributed by atoms with Crippen LogP contribution >= 0.6 is 15.9 Å². The molecule has 0 atom stereocenters. The highest BCUT2D eigenvalue weighted by atomic mass is 79.9. The minimum Gasteiger partial charge on any atom is -0.396 e. The van der Waals surface area contributed by atoms with Crippen LogP contribution in [0, 0.1) is 5.41 Å². The third-order valence-corrected chi connectivity index (χ3v) is 3.68. The number of anilines is 1. The summed E-state index contributed by atoms with van der Waals surface area (Å²) < 4.78 is 1.06. The second-order valence-electron chi connectivity index (χ2n) is 5.52. The van der Waals surface area contributed by atoms with Crippen LogP contribution in [0.4, 0.5) is 5.82 Å². The van der Waals surface area contributed by atoms with Crippen LogP contribution in [0.15, 0.2) is 34.8 Å². The van der Waals surface area contributed by atoms with Gasteiger partial charge < -0.3 is 10.4 Å². The van der Waals surface area contributed by atoms with Gasteiger partial charge in [0.2, 0.25) is 0 Å². The molecule has 1 heterocycles. The molecule has 0 aliphatic heterocycles. The number of hydrogen-bond donors (Lipinski definition) is 2. The van der Waals surface area contributed by atoms with Gasteiger partial charge >= 0.3 is 0 Å². The molecule has 0 bridgehead atoms. The Balaban J connectivity index is 2.11. The van der Waals surface area contributed by atoms with Crippen LogP contribution in [-0.2, 0) is 0 Å². The Bertz CT molecular complexity index is 569. The van der Waals surface area contributed by atoms with E-state index in [1.807, 2.05) is 18.2 Å². The van der Waals surface area contributed by atoms with Gasteiger partial charge in [-0.3, -0.25) is 0 Å². The maximum absolute atomic E-state index is 9.02. The molecule has 2 rings (SSSR count). The third kappa shape index (κ3) is 3.91. The zero-order chi connectivity index (χ0) is 13.9. The van der Waals surface area contributed by atoms with E-state index in [2.05, 4.69) is 52.2 Å². The fourth-order valence-electron chi connectivity index (χ4n) is 1.92. The summed E-state index contributed by atoms with van der Waals surface area (Å²) in [4.78, 5) is 4.59. The summed E-state index contributed by atoms with van der Waals surface area (Å²) in [6, 6.07) is 10.1. The van der Waals surface area contributed by atoms with Crippen LogP contribution in [0.5, 0.6) is 0 Å². The summed E-state index contributed by atoms with van der Waals surface area (Å²) in [5.41, 5.74) is 1.04. The smallest absolute Gasteiger partial charge is 0.126 e. The van der Waals surface area contributed by atoms with Crippen LogP contribution in [-0.4, -0.2) is 23.2 Å². The number of nitrogens with one attached hydrogen (secondary N) is 1. The first-order valence-corrected chi connectivity index (χ1v) is 7.20. The Hall–Kier alpha value is -1.13. The van der Waals surface area contributed by atoms with Crippen molar-refractivity contribution in [2.75, 3.05) is 18.5 Å². The van der Waals surface area contributed by atoms with E-state index in [1.165, 1.54) is 0 Å². The number of rotatable bonds is 5. The second kappa shape index (κ2) is 5.88. The van der Waals surface area contributed by atoms with E-state index in [4.69, 9.17) is 5.11 Å². The number of fused-ring (bicyclic) bond motifs is 1. The molecular weight excluding hydrogens is 304 g/mol. The Morgan fingerprint density at radius 1 is 1.26 bits per heavy atom. The van der Waals surface area contributed by atoms with Gasteiger partial charge in [-0.25, -0.2) is 4.98 Å². The maximum atomic E-state index is 9.02. The lowest BCUT2D eigenvalue weighted by Crippen LogP contribution is -2.24. The topological polar surface area (TPSA) is 45.1 Å². The second-order valence-corrected chi connectivity index (χ2v) is 6.44. The van der Waals surface area contributed by atoms with E-state index in [-0.39, 0.29) is 12.0 Å². The van der Waals surface area contributed by atoms with E-state index < -0.39 is 0 Å². The average molecular weight is 323 g/mol. The highest BCUT2D eigenvalue weighted by molar-refractivity contribution is 9.10. The fourth-order valence-corrected chi connectivity index (χ4v) is 2.29. The first-order chi connectivity index (χ1) is 9.00. The molecule has 102 valence electrons. The molecule has 0 saturated carbocycles. The summed E-state index contributed by atoms with van der Waals surface area (Å²) in [6.45, 7) is 5.28. The molecule has 0 spiro atoms. The molecule has 2 N–H and O–H groups in total. The zero-order valence-corrected chi connectivity index (χ0v) is 12.9. The summed E-state index contributed by atoms with van der Waals surface area (Å²) in [5, 5.41) is 13.5. The van der Waals surface area contributed by atoms with Gasteiger partial charge in [0, 0.05) is 23.0 Å². The molecule has 1 aromatic carbocycles. The SMILES string of the molecule is CC(C)(CCO)CNc1ccc2cc(Br)ccc2n1. The van der Waals surface area contributed by atoms with Crippen LogP contribution in [0.2, 0.25) is 0 Å². The zero-order valence-electron chi connectivity index (χ0n) is 11.3. The molecule has 0 aliphatic rings. The van der Waals surface area contributed by atoms with Crippen molar-refractivity contribution in [3.05, 3.63) is 34.8 Å². The van der Waals surface area contributed by atoms with Gasteiger partial charge in [0.05, 0.1) is 5.52 Å². The van der Waals surface area contributed by atoms with E-state index in [9.17, 15) is 0 Å². The minimum absolute atomic E-state index is 0.0606. The standard InChI is InChI=1S/C15H19BrN2O/c1-15(2,7-8-19)10-17-14-6-3-11-9-12(16)4-5-13(11)18-14/h3-6,9,19H,7-8,10H2,1-2H3,(H,17,18). The normalized spacial score (nSPS) is 11.8. The number of hydrogen-bond acceptors (Lipinski definition) is 3. The number of aromatic nitrogens is 1. The van der Waals surface area contributed by atoms with Gasteiger partial charge in [-0.15, -0.1) is 0 Å². The monoisotopic (exact) mass is 322 g/mol. The summed E-state index contributed by atoms with van der Waals surface area (Å²) in [7, 11) is 0. The van der Waals surface area contributed by atoms with Gasteiger partial charge in [0.25, 0.3) is 0 Å². The predicted molar refractivity (Wildman–Crippen MR) is 83.4 cm³/mol. The largest absolute Gasteiger partial charge is 0.396 e. The molecule has 0 saturated heterocycles. The Morgan fingerprint density at radius 3 is 2.79 bits per heavy atom. The first kappa shape index (κ1) is 14.3. The van der Waals surface area contributed by atoms with Crippen molar-refractivity contribution in [2.24, 2.45) is 5.41 Å². The average Bonchev–Trinajstić information content (AvgIpc) is 2.36. The van der Waals surface area contributed by atoms with Crippen molar-refractivity contribution >= 4 is 32.7 Å². The molecule has 19 heavy (non-hydrogen) atoms. The number of benzene rings is 1. The number of nitrogens with zero attached hydrogens (tertiary/aromatic N) is 1. The summed E-state index contributed by atoms with van der Waals surface area (Å²) >= 11 is 3.46. The molecular formula is C15H19BrN2O. The molecule has 0 aliphatic carbocycles. The molecule has 0 amide bonds. The van der Waals surface area contributed by atoms with E-state index >= 15 is 0 Å². The summed E-state index contributed by atoms with van der Waals surface area (Å²) in [5.74, 6) is 0.876. The fraction of sp³-hybridized carbons (Fsp3) is 0.400. The molecule has 1 aromatic heterocycles. The lowest BCUT2D eigenvalue weighted by molar-refractivity contribution is 0.220. The molecule has 0 unspecified atom stereocenters. The van der Waals surface area contributed by atoms with Crippen LogP contribution in [0.3, 0.4) is 0 Å². The van der Waals surface area contributed by atoms with Gasteiger partial charge in [0.1, 0.15) is 5.82 Å². The summed E-state index contributed by atoms with van der Waals surface area (Å²) in [6.07, 6.45) is 0.778. The molecule has 0 radical (unpaired) electrons. The van der Waals surface area contributed by atoms with Crippen LogP contribution < -0.4 is 5.32 Å². The third-order valence-electron chi connectivity index (χ3n) is 3.19. The van der Waals surface area contributed by atoms with Crippen molar-refractivity contribution in [1.82, 2.24) is 4.98 Å². The van der Waals surface area contributed by atoms with Gasteiger partial charge in [-0.2, -0.15) is 0 Å². The number of aliphatic hydroxyl groups is 1. The Morgan fingerprint density at radius 2 is 2.05 bits per heavy atom. The van der Waals surface area contributed by atoms with Crippen molar-refractivity contribution in [2.45, 2.75) is 20.3 Å². The first-order valence-electron chi connectivity index (χ1n) is 6.41. The van der Waals surface area contributed by atoms with Crippen molar-refractivity contribution in [3.8, 4) is 0 Å². The van der Waals surface area contributed by atoms with Crippen molar-refractivity contribution in [1.29, 1.82) is 0 Å². The Kier molecular flexibility index (Phi) is 4.42. The van der Waals surface area contributed by atoms with E-state index in [1.54, 1.807) is 0 Å². The number of pyridine rings is 1.